The summed E-state index contributed by atoms with van der Waals surface area (Å²) in [5.41, 5.74) is 2.54. The molecule has 2 aromatic carbocycles. The van der Waals surface area contributed by atoms with Gasteiger partial charge in [0, 0.05) is 30.0 Å². The van der Waals surface area contributed by atoms with Gasteiger partial charge in [-0.15, -0.1) is 0 Å². The van der Waals surface area contributed by atoms with Crippen LogP contribution in [0.25, 0.3) is 22.3 Å². The number of carbonyl (C=O) groups is 1. The van der Waals surface area contributed by atoms with Crippen LogP contribution < -0.4 is 16.0 Å². The Labute approximate surface area is 196 Å². The number of benzene rings is 2. The largest absolute Gasteiger partial charge is 0.368 e. The number of urea groups is 1. The molecule has 9 nitrogen and oxygen atoms in total. The fourth-order valence-electron chi connectivity index (χ4n) is 3.13. The van der Waals surface area contributed by atoms with Crippen molar-refractivity contribution in [3.8, 4) is 11.4 Å². The molecule has 0 radical (unpaired) electrons. The number of halogens is 1. The highest BCUT2D eigenvalue weighted by Crippen LogP contribution is 2.31. The van der Waals surface area contributed by atoms with Crippen molar-refractivity contribution in [2.75, 3.05) is 43.1 Å². The van der Waals surface area contributed by atoms with Crippen LogP contribution in [0.1, 0.15) is 0 Å². The van der Waals surface area contributed by atoms with Crippen LogP contribution in [0.5, 0.6) is 0 Å². The second kappa shape index (κ2) is 10.2. The summed E-state index contributed by atoms with van der Waals surface area (Å²) in [6.45, 7) is 1.54. The minimum absolute atomic E-state index is 0.363. The van der Waals surface area contributed by atoms with Crippen molar-refractivity contribution in [3.63, 3.8) is 0 Å². The summed E-state index contributed by atoms with van der Waals surface area (Å²) < 4.78 is 0. The van der Waals surface area contributed by atoms with Crippen LogP contribution in [0.15, 0.2) is 60.9 Å². The van der Waals surface area contributed by atoms with Gasteiger partial charge in [-0.2, -0.15) is 10.2 Å². The first-order valence-electron chi connectivity index (χ1n) is 10.3. The number of fused-ring (bicyclic) bond motifs is 1. The molecule has 33 heavy (non-hydrogen) atoms. The summed E-state index contributed by atoms with van der Waals surface area (Å²) in [7, 11) is 4.01. The molecule has 0 unspecified atom stereocenters. The number of nitrogens with one attached hydrogen (secondary N) is 3. The van der Waals surface area contributed by atoms with Crippen molar-refractivity contribution in [3.05, 3.63) is 65.9 Å². The van der Waals surface area contributed by atoms with Crippen molar-refractivity contribution in [2.24, 2.45) is 0 Å². The van der Waals surface area contributed by atoms with Gasteiger partial charge in [0.15, 0.2) is 5.82 Å². The number of hydrogen-bond donors (Lipinski definition) is 3. The van der Waals surface area contributed by atoms with Crippen LogP contribution in [-0.4, -0.2) is 58.3 Å². The monoisotopic (exact) mass is 462 g/mol. The zero-order valence-electron chi connectivity index (χ0n) is 18.2. The summed E-state index contributed by atoms with van der Waals surface area (Å²) in [5.74, 6) is 1.11. The molecule has 4 rings (SSSR count). The molecule has 4 aromatic rings. The third-order valence-electron chi connectivity index (χ3n) is 4.76. The van der Waals surface area contributed by atoms with Gasteiger partial charge in [-0.05, 0) is 44.4 Å². The van der Waals surface area contributed by atoms with E-state index in [2.05, 4.69) is 41.0 Å². The Hall–Kier alpha value is -3.82. The van der Waals surface area contributed by atoms with E-state index in [1.54, 1.807) is 42.7 Å². The summed E-state index contributed by atoms with van der Waals surface area (Å²) >= 11 is 6.55. The molecule has 2 amide bonds. The third-order valence-corrected chi connectivity index (χ3v) is 5.07. The lowest BCUT2D eigenvalue weighted by Gasteiger charge is -2.14. The number of carbonyl (C=O) groups excluding carboxylic acids is 1. The molecule has 0 aliphatic carbocycles. The highest BCUT2D eigenvalue weighted by atomic mass is 35.5. The van der Waals surface area contributed by atoms with Crippen LogP contribution in [0.2, 0.25) is 5.02 Å². The fraction of sp³-hybridized carbons (Fsp3) is 0.174. The average molecular weight is 463 g/mol. The molecule has 0 spiro atoms. The van der Waals surface area contributed by atoms with E-state index < -0.39 is 0 Å². The van der Waals surface area contributed by atoms with Crippen molar-refractivity contribution >= 4 is 45.7 Å². The first-order valence-corrected chi connectivity index (χ1v) is 10.7. The Morgan fingerprint density at radius 1 is 0.970 bits per heavy atom. The number of amides is 2. The van der Waals surface area contributed by atoms with Crippen molar-refractivity contribution < 1.29 is 4.79 Å². The lowest BCUT2D eigenvalue weighted by atomic mass is 10.1. The highest BCUT2D eigenvalue weighted by Gasteiger charge is 2.14. The fourth-order valence-corrected chi connectivity index (χ4v) is 3.40. The highest BCUT2D eigenvalue weighted by molar-refractivity contribution is 6.33. The molecule has 0 bridgehead atoms. The number of rotatable bonds is 7. The van der Waals surface area contributed by atoms with Gasteiger partial charge in [-0.1, -0.05) is 29.8 Å². The van der Waals surface area contributed by atoms with Crippen molar-refractivity contribution in [1.29, 1.82) is 0 Å². The summed E-state index contributed by atoms with van der Waals surface area (Å²) in [6.07, 6.45) is 3.23. The van der Waals surface area contributed by atoms with E-state index in [9.17, 15) is 4.79 Å². The van der Waals surface area contributed by atoms with Gasteiger partial charge in [-0.3, -0.25) is 0 Å². The third kappa shape index (κ3) is 5.71. The molecular weight excluding hydrogens is 440 g/mol. The molecule has 0 atom stereocenters. The van der Waals surface area contributed by atoms with Gasteiger partial charge in [0.05, 0.1) is 28.3 Å². The average Bonchev–Trinajstić information content (AvgIpc) is 2.79. The minimum atomic E-state index is -0.363. The normalized spacial score (nSPS) is 10.9. The Morgan fingerprint density at radius 3 is 2.48 bits per heavy atom. The van der Waals surface area contributed by atoms with Gasteiger partial charge in [0.1, 0.15) is 5.82 Å². The Kier molecular flexibility index (Phi) is 6.92. The standard InChI is InChI=1S/C23H23ClN8O/c1-32(2)11-10-25-21-18-13-26-27-14-20(18)30-22(31-21)17-9-8-16(12-19(17)24)29-23(33)28-15-6-4-3-5-7-15/h3-9,12-14H,10-11H2,1-2H3,(H,25,30,31)(H2,28,29,33). The topological polar surface area (TPSA) is 108 Å². The van der Waals surface area contributed by atoms with E-state index >= 15 is 0 Å². The molecule has 0 saturated heterocycles. The van der Waals surface area contributed by atoms with E-state index in [-0.39, 0.29) is 6.03 Å². The number of para-hydroxylation sites is 1. The molecule has 0 aliphatic heterocycles. The molecule has 0 aliphatic rings. The molecule has 168 valence electrons. The van der Waals surface area contributed by atoms with Gasteiger partial charge in [0.2, 0.25) is 0 Å². The minimum Gasteiger partial charge on any atom is -0.368 e. The number of nitrogens with zero attached hydrogens (tertiary/aromatic N) is 5. The zero-order valence-corrected chi connectivity index (χ0v) is 19.0. The van der Waals surface area contributed by atoms with E-state index in [1.807, 2.05) is 32.3 Å². The summed E-state index contributed by atoms with van der Waals surface area (Å²) in [5, 5.41) is 18.0. The zero-order chi connectivity index (χ0) is 23.2. The van der Waals surface area contributed by atoms with E-state index in [0.717, 1.165) is 11.9 Å². The molecular formula is C23H23ClN8O. The number of hydrogen-bond acceptors (Lipinski definition) is 7. The maximum atomic E-state index is 12.3. The van der Waals surface area contributed by atoms with E-state index in [4.69, 9.17) is 11.6 Å². The second-order valence-corrected chi connectivity index (χ2v) is 7.96. The lowest BCUT2D eigenvalue weighted by Crippen LogP contribution is -2.21. The smallest absolute Gasteiger partial charge is 0.323 e. The van der Waals surface area contributed by atoms with Gasteiger partial charge < -0.3 is 20.9 Å². The summed E-state index contributed by atoms with van der Waals surface area (Å²) in [6, 6.07) is 14.0. The predicted molar refractivity (Wildman–Crippen MR) is 132 cm³/mol. The number of anilines is 3. The van der Waals surface area contributed by atoms with Crippen molar-refractivity contribution in [1.82, 2.24) is 25.1 Å². The second-order valence-electron chi connectivity index (χ2n) is 7.55. The maximum Gasteiger partial charge on any atom is 0.323 e. The first-order chi connectivity index (χ1) is 16.0. The summed E-state index contributed by atoms with van der Waals surface area (Å²) in [4.78, 5) is 23.6. The maximum absolute atomic E-state index is 12.3. The van der Waals surface area contributed by atoms with E-state index in [1.165, 1.54) is 0 Å². The van der Waals surface area contributed by atoms with Crippen LogP contribution in [0, 0.1) is 0 Å². The Morgan fingerprint density at radius 2 is 1.73 bits per heavy atom. The molecule has 10 heteroatoms. The molecule has 3 N–H and O–H groups in total. The van der Waals surface area contributed by atoms with E-state index in [0.29, 0.717) is 45.7 Å². The van der Waals surface area contributed by atoms with Crippen LogP contribution >= 0.6 is 11.6 Å². The molecule has 2 heterocycles. The van der Waals surface area contributed by atoms with Gasteiger partial charge in [0.25, 0.3) is 0 Å². The molecule has 0 fully saturated rings. The SMILES string of the molecule is CN(C)CCNc1nc(-c2ccc(NC(=O)Nc3ccccc3)cc2Cl)nc2cnncc12. The molecule has 2 aromatic heterocycles. The van der Waals surface area contributed by atoms with Crippen LogP contribution in [-0.2, 0) is 0 Å². The first kappa shape index (κ1) is 22.4. The predicted octanol–water partition coefficient (Wildman–Crippen LogP) is 4.36. The Balaban J connectivity index is 1.57. The van der Waals surface area contributed by atoms with Crippen molar-refractivity contribution in [2.45, 2.75) is 0 Å². The molecule has 0 saturated carbocycles. The van der Waals surface area contributed by atoms with Crippen LogP contribution in [0.3, 0.4) is 0 Å². The van der Waals surface area contributed by atoms with Gasteiger partial charge >= 0.3 is 6.03 Å². The number of likely N-dealkylation sites (N-methyl/N-ethyl adjacent to an activating group) is 1. The quantitative estimate of drug-likeness (QED) is 0.374. The van der Waals surface area contributed by atoms with Crippen LogP contribution in [0.4, 0.5) is 22.0 Å². The van der Waals surface area contributed by atoms with Gasteiger partial charge in [-0.25, -0.2) is 14.8 Å². The number of aromatic nitrogens is 4. The Bertz CT molecular complexity index is 1270. The lowest BCUT2D eigenvalue weighted by molar-refractivity contribution is 0.262.